The molecule has 41 heavy (non-hydrogen) atoms. The molecule has 0 radical (unpaired) electrons. The van der Waals surface area contributed by atoms with Crippen molar-refractivity contribution in [1.82, 2.24) is 10.7 Å². The molecule has 4 rings (SSSR count). The van der Waals surface area contributed by atoms with Gasteiger partial charge in [0.2, 0.25) is 0 Å². The van der Waals surface area contributed by atoms with Gasteiger partial charge in [0.1, 0.15) is 11.4 Å². The highest BCUT2D eigenvalue weighted by Crippen LogP contribution is 2.19. The Hall–Kier alpha value is -5.21. The van der Waals surface area contributed by atoms with Crippen LogP contribution in [0.2, 0.25) is 5.02 Å². The summed E-state index contributed by atoms with van der Waals surface area (Å²) in [5.41, 5.74) is 5.51. The van der Waals surface area contributed by atoms with Crippen molar-refractivity contribution in [3.63, 3.8) is 0 Å². The lowest BCUT2D eigenvalue weighted by molar-refractivity contribution is -0.117. The van der Waals surface area contributed by atoms with Crippen molar-refractivity contribution < 1.29 is 19.1 Å². The second-order valence-corrected chi connectivity index (χ2v) is 9.41. The van der Waals surface area contributed by atoms with Gasteiger partial charge in [-0.1, -0.05) is 54.1 Å². The maximum Gasteiger partial charge on any atom is 0.345 e. The number of ether oxygens (including phenoxy) is 1. The molecule has 0 spiro atoms. The standard InChI is InChI=1S/C32H27ClN4O4/c1-37(2)25-16-12-22(13-17-25)20-29(35-30(38)24-8-4-3-5-9-24)31(39)36-34-21-23-14-18-26(19-15-23)41-32(40)27-10-6-7-11-28(27)33/h3-21H,1-2H3,(H,35,38)(H,36,39)/b29-20+,34-21-. The van der Waals surface area contributed by atoms with Crippen LogP contribution in [-0.4, -0.2) is 38.1 Å². The molecule has 2 N–H and O–H groups in total. The average molecular weight is 567 g/mol. The molecule has 0 heterocycles. The summed E-state index contributed by atoms with van der Waals surface area (Å²) in [6.07, 6.45) is 3.01. The van der Waals surface area contributed by atoms with Gasteiger partial charge in [0.15, 0.2) is 0 Å². The van der Waals surface area contributed by atoms with Gasteiger partial charge in [-0.25, -0.2) is 10.2 Å². The molecule has 0 saturated heterocycles. The van der Waals surface area contributed by atoms with Crippen molar-refractivity contribution >= 4 is 47.4 Å². The van der Waals surface area contributed by atoms with Gasteiger partial charge in [0.05, 0.1) is 16.8 Å². The van der Waals surface area contributed by atoms with E-state index in [2.05, 4.69) is 15.8 Å². The first kappa shape index (κ1) is 28.8. The first-order valence-electron chi connectivity index (χ1n) is 12.6. The summed E-state index contributed by atoms with van der Waals surface area (Å²) in [6.45, 7) is 0. The van der Waals surface area contributed by atoms with E-state index in [9.17, 15) is 14.4 Å². The number of rotatable bonds is 9. The monoisotopic (exact) mass is 566 g/mol. The second kappa shape index (κ2) is 13.7. The van der Waals surface area contributed by atoms with Gasteiger partial charge in [-0.05, 0) is 77.9 Å². The molecule has 0 aliphatic heterocycles. The molecular weight excluding hydrogens is 540 g/mol. The van der Waals surface area contributed by atoms with E-state index in [0.717, 1.165) is 11.3 Å². The zero-order chi connectivity index (χ0) is 29.2. The zero-order valence-electron chi connectivity index (χ0n) is 22.4. The van der Waals surface area contributed by atoms with Crippen LogP contribution in [0.1, 0.15) is 31.8 Å². The highest BCUT2D eigenvalue weighted by Gasteiger charge is 2.15. The van der Waals surface area contributed by atoms with Gasteiger partial charge in [-0.3, -0.25) is 9.59 Å². The lowest BCUT2D eigenvalue weighted by Crippen LogP contribution is -2.32. The van der Waals surface area contributed by atoms with Crippen molar-refractivity contribution in [2.45, 2.75) is 0 Å². The molecule has 0 unspecified atom stereocenters. The molecule has 4 aromatic carbocycles. The topological polar surface area (TPSA) is 100 Å². The zero-order valence-corrected chi connectivity index (χ0v) is 23.1. The van der Waals surface area contributed by atoms with E-state index in [1.54, 1.807) is 84.9 Å². The average Bonchev–Trinajstić information content (AvgIpc) is 2.98. The number of esters is 1. The molecule has 0 aliphatic rings. The van der Waals surface area contributed by atoms with Crippen LogP contribution in [0.4, 0.5) is 5.69 Å². The van der Waals surface area contributed by atoms with Crippen molar-refractivity contribution in [1.29, 1.82) is 0 Å². The van der Waals surface area contributed by atoms with Crippen LogP contribution >= 0.6 is 11.6 Å². The molecule has 0 atom stereocenters. The number of carbonyl (C=O) groups is 3. The minimum atomic E-state index is -0.604. The molecule has 9 heteroatoms. The summed E-state index contributed by atoms with van der Waals surface area (Å²) in [4.78, 5) is 40.1. The Labute approximate surface area is 242 Å². The number of halogens is 1. The Morgan fingerprint density at radius 2 is 1.44 bits per heavy atom. The molecule has 8 nitrogen and oxygen atoms in total. The smallest absolute Gasteiger partial charge is 0.345 e. The van der Waals surface area contributed by atoms with Gasteiger partial charge in [-0.2, -0.15) is 5.10 Å². The molecule has 0 aromatic heterocycles. The predicted molar refractivity (Wildman–Crippen MR) is 161 cm³/mol. The Kier molecular flexibility index (Phi) is 9.64. The van der Waals surface area contributed by atoms with Crippen LogP contribution in [0.3, 0.4) is 0 Å². The lowest BCUT2D eigenvalue weighted by Gasteiger charge is -2.12. The normalized spacial score (nSPS) is 11.1. The number of nitrogens with one attached hydrogen (secondary N) is 2. The van der Waals surface area contributed by atoms with E-state index >= 15 is 0 Å². The summed E-state index contributed by atoms with van der Waals surface area (Å²) in [6, 6.07) is 29.3. The SMILES string of the molecule is CN(C)c1ccc(/C=C(/NC(=O)c2ccccc2)C(=O)N/N=C\c2ccc(OC(=O)c3ccccc3Cl)cc2)cc1. The second-order valence-electron chi connectivity index (χ2n) is 9.00. The molecule has 2 amide bonds. The number of anilines is 1. The van der Waals surface area contributed by atoms with Crippen LogP contribution in [0.25, 0.3) is 6.08 Å². The van der Waals surface area contributed by atoms with Crippen molar-refractivity contribution in [3.8, 4) is 5.75 Å². The summed E-state index contributed by atoms with van der Waals surface area (Å²) in [7, 11) is 3.87. The molecule has 4 aromatic rings. The highest BCUT2D eigenvalue weighted by atomic mass is 35.5. The summed E-state index contributed by atoms with van der Waals surface area (Å²) >= 11 is 6.06. The molecule has 206 valence electrons. The number of hydrogen-bond acceptors (Lipinski definition) is 6. The van der Waals surface area contributed by atoms with Crippen LogP contribution in [0.15, 0.2) is 114 Å². The Morgan fingerprint density at radius 3 is 2.10 bits per heavy atom. The van der Waals surface area contributed by atoms with Gasteiger partial charge in [-0.15, -0.1) is 0 Å². The fraction of sp³-hybridized carbons (Fsp3) is 0.0625. The molecule has 0 aliphatic carbocycles. The number of benzene rings is 4. The Balaban J connectivity index is 1.44. The summed E-state index contributed by atoms with van der Waals surface area (Å²) < 4.78 is 5.37. The largest absolute Gasteiger partial charge is 0.423 e. The van der Waals surface area contributed by atoms with Gasteiger partial charge in [0, 0.05) is 25.3 Å². The number of nitrogens with zero attached hydrogens (tertiary/aromatic N) is 2. The van der Waals surface area contributed by atoms with Crippen LogP contribution in [0.5, 0.6) is 5.75 Å². The molecule has 0 fully saturated rings. The van der Waals surface area contributed by atoms with Crippen LogP contribution < -0.4 is 20.4 Å². The van der Waals surface area contributed by atoms with Gasteiger partial charge in [0.25, 0.3) is 11.8 Å². The highest BCUT2D eigenvalue weighted by molar-refractivity contribution is 6.33. The van der Waals surface area contributed by atoms with Crippen molar-refractivity contribution in [2.24, 2.45) is 5.10 Å². The molecular formula is C32H27ClN4O4. The number of amides is 2. The number of carbonyl (C=O) groups excluding carboxylic acids is 3. The maximum absolute atomic E-state index is 13.0. The number of hydrogen-bond donors (Lipinski definition) is 2. The van der Waals surface area contributed by atoms with E-state index in [1.165, 1.54) is 6.21 Å². The predicted octanol–water partition coefficient (Wildman–Crippen LogP) is 5.55. The van der Waals surface area contributed by atoms with Crippen LogP contribution in [-0.2, 0) is 4.79 Å². The van der Waals surface area contributed by atoms with E-state index in [4.69, 9.17) is 16.3 Å². The minimum Gasteiger partial charge on any atom is -0.423 e. The van der Waals surface area contributed by atoms with Gasteiger partial charge < -0.3 is 15.0 Å². The van der Waals surface area contributed by atoms with Crippen molar-refractivity contribution in [3.05, 3.63) is 136 Å². The van der Waals surface area contributed by atoms with Crippen molar-refractivity contribution in [2.75, 3.05) is 19.0 Å². The first-order chi connectivity index (χ1) is 19.8. The lowest BCUT2D eigenvalue weighted by atomic mass is 10.1. The molecule has 0 bridgehead atoms. The van der Waals surface area contributed by atoms with E-state index in [1.807, 2.05) is 43.3 Å². The fourth-order valence-corrected chi connectivity index (χ4v) is 3.83. The summed E-state index contributed by atoms with van der Waals surface area (Å²) in [5, 5.41) is 7.00. The minimum absolute atomic E-state index is 0.0236. The quantitative estimate of drug-likeness (QED) is 0.0910. The fourth-order valence-electron chi connectivity index (χ4n) is 3.61. The Bertz CT molecular complexity index is 1580. The Morgan fingerprint density at radius 1 is 0.805 bits per heavy atom. The third-order valence-corrected chi connectivity index (χ3v) is 6.14. The molecule has 0 saturated carbocycles. The van der Waals surface area contributed by atoms with Crippen LogP contribution in [0, 0.1) is 0 Å². The third-order valence-electron chi connectivity index (χ3n) is 5.81. The van der Waals surface area contributed by atoms with E-state index < -0.39 is 17.8 Å². The maximum atomic E-state index is 13.0. The summed E-state index contributed by atoms with van der Waals surface area (Å²) in [5.74, 6) is -1.28. The first-order valence-corrected chi connectivity index (χ1v) is 12.9. The van der Waals surface area contributed by atoms with E-state index in [-0.39, 0.29) is 11.3 Å². The van der Waals surface area contributed by atoms with Gasteiger partial charge >= 0.3 is 5.97 Å². The van der Waals surface area contributed by atoms with E-state index in [0.29, 0.717) is 21.9 Å². The third kappa shape index (κ3) is 8.14. The number of hydrazone groups is 1.